The van der Waals surface area contributed by atoms with E-state index in [2.05, 4.69) is 20.2 Å². The van der Waals surface area contributed by atoms with E-state index in [0.29, 0.717) is 53.0 Å². The van der Waals surface area contributed by atoms with Gasteiger partial charge >= 0.3 is 5.97 Å². The van der Waals surface area contributed by atoms with Crippen LogP contribution in [0.3, 0.4) is 0 Å². The number of esters is 1. The second-order valence-corrected chi connectivity index (χ2v) is 13.3. The Morgan fingerprint density at radius 2 is 1.87 bits per heavy atom. The Morgan fingerprint density at radius 3 is 2.57 bits per heavy atom. The summed E-state index contributed by atoms with van der Waals surface area (Å²) in [6.45, 7) is 3.53. The molecule has 11 nitrogen and oxygen atoms in total. The van der Waals surface area contributed by atoms with Gasteiger partial charge < -0.3 is 4.74 Å². The highest BCUT2D eigenvalue weighted by Crippen LogP contribution is 2.36. The first-order valence-electron chi connectivity index (χ1n) is 13.8. The summed E-state index contributed by atoms with van der Waals surface area (Å²) in [6.07, 6.45) is 1.56. The smallest absolute Gasteiger partial charge is 0.338 e. The van der Waals surface area contributed by atoms with Crippen molar-refractivity contribution in [2.24, 2.45) is 4.99 Å². The van der Waals surface area contributed by atoms with E-state index in [1.165, 1.54) is 10.6 Å². The van der Waals surface area contributed by atoms with Gasteiger partial charge in [-0.05, 0) is 79.2 Å². The first-order valence-corrected chi connectivity index (χ1v) is 16.6. The summed E-state index contributed by atoms with van der Waals surface area (Å²) < 4.78 is 7.03. The molecule has 2 aromatic heterocycles. The fourth-order valence-corrected chi connectivity index (χ4v) is 7.42. The number of thiazole rings is 1. The van der Waals surface area contributed by atoms with Crippen LogP contribution in [0.15, 0.2) is 91.8 Å². The maximum absolute atomic E-state index is 13.9. The van der Waals surface area contributed by atoms with Gasteiger partial charge in [0.15, 0.2) is 10.6 Å². The Kier molecular flexibility index (Phi) is 9.35. The standard InChI is InChI=1S/C31H21Cl3N6O5S2/c1-3-45-29(42)25-15(2)35-31-39(26(25)17-5-7-18(32)8-6-17)28(41)24(47-31)13-16-4-11-23(22(12-16)40(43)44)46-30-36-27(37-38-30)20-10-9-19(33)14-21(20)34/h4-14,26H,3H2,1-2H3,(H,36,37,38)/b24-13+/t26-/m0/s1. The Balaban J connectivity index is 1.37. The monoisotopic (exact) mass is 726 g/mol. The van der Waals surface area contributed by atoms with Crippen molar-refractivity contribution >= 4 is 75.6 Å². The molecule has 238 valence electrons. The molecule has 47 heavy (non-hydrogen) atoms. The molecule has 0 bridgehead atoms. The average Bonchev–Trinajstić information content (AvgIpc) is 3.61. The zero-order valence-electron chi connectivity index (χ0n) is 24.4. The van der Waals surface area contributed by atoms with Crippen LogP contribution in [-0.4, -0.2) is 37.2 Å². The van der Waals surface area contributed by atoms with E-state index in [-0.39, 0.29) is 27.6 Å². The van der Waals surface area contributed by atoms with Crippen LogP contribution in [0.5, 0.6) is 0 Å². The van der Waals surface area contributed by atoms with Gasteiger partial charge in [-0.3, -0.25) is 24.6 Å². The SMILES string of the molecule is CCOC(=O)C1=C(C)N=c2s/c(=C/c3ccc(Sc4n[nH]c(-c5ccc(Cl)cc5Cl)n4)c([N+](=O)[O-])c3)c(=O)n2[C@H]1c1ccc(Cl)cc1. The molecule has 0 saturated heterocycles. The number of nitrogens with zero attached hydrogens (tertiary/aromatic N) is 5. The Morgan fingerprint density at radius 1 is 1.13 bits per heavy atom. The van der Waals surface area contributed by atoms with Crippen LogP contribution in [0.25, 0.3) is 17.5 Å². The molecule has 0 amide bonds. The van der Waals surface area contributed by atoms with Crippen molar-refractivity contribution in [1.29, 1.82) is 0 Å². The van der Waals surface area contributed by atoms with Crippen LogP contribution in [-0.2, 0) is 9.53 Å². The molecule has 1 aliphatic heterocycles. The first kappa shape index (κ1) is 32.7. The Bertz CT molecular complexity index is 2280. The number of rotatable bonds is 8. The van der Waals surface area contributed by atoms with Crippen LogP contribution in [0.1, 0.15) is 31.0 Å². The van der Waals surface area contributed by atoms with Crippen molar-refractivity contribution in [1.82, 2.24) is 19.7 Å². The van der Waals surface area contributed by atoms with Crippen molar-refractivity contribution in [2.45, 2.75) is 29.9 Å². The van der Waals surface area contributed by atoms with Crippen molar-refractivity contribution in [2.75, 3.05) is 6.61 Å². The maximum atomic E-state index is 13.9. The number of aromatic amines is 1. The lowest BCUT2D eigenvalue weighted by atomic mass is 9.96. The van der Waals surface area contributed by atoms with Crippen LogP contribution in [0.4, 0.5) is 5.69 Å². The molecule has 0 aliphatic carbocycles. The summed E-state index contributed by atoms with van der Waals surface area (Å²) in [5.74, 6) is -0.205. The third-order valence-corrected chi connectivity index (χ3v) is 9.75. The molecular weight excluding hydrogens is 707 g/mol. The van der Waals surface area contributed by atoms with Crippen LogP contribution < -0.4 is 14.9 Å². The molecule has 6 rings (SSSR count). The fraction of sp³-hybridized carbons (Fsp3) is 0.129. The summed E-state index contributed by atoms with van der Waals surface area (Å²) in [6, 6.07) is 15.5. The number of nitrogens with one attached hydrogen (secondary N) is 1. The minimum absolute atomic E-state index is 0.147. The molecule has 1 atom stereocenters. The van der Waals surface area contributed by atoms with Crippen molar-refractivity contribution < 1.29 is 14.5 Å². The molecule has 0 saturated carbocycles. The van der Waals surface area contributed by atoms with Crippen LogP contribution >= 0.6 is 57.9 Å². The van der Waals surface area contributed by atoms with Gasteiger partial charge in [0.1, 0.15) is 0 Å². The molecule has 3 aromatic carbocycles. The number of hydrogen-bond donors (Lipinski definition) is 1. The quantitative estimate of drug-likeness (QED) is 0.107. The van der Waals surface area contributed by atoms with Crippen molar-refractivity contribution in [3.63, 3.8) is 0 Å². The number of halogens is 3. The summed E-state index contributed by atoms with van der Waals surface area (Å²) >= 11 is 20.5. The van der Waals surface area contributed by atoms with Crippen LogP contribution in [0, 0.1) is 10.1 Å². The zero-order chi connectivity index (χ0) is 33.4. The van der Waals surface area contributed by atoms with E-state index < -0.39 is 22.5 Å². The van der Waals surface area contributed by atoms with Gasteiger partial charge in [-0.25, -0.2) is 14.8 Å². The predicted molar refractivity (Wildman–Crippen MR) is 181 cm³/mol. The minimum atomic E-state index is -0.813. The number of benzene rings is 3. The molecule has 3 heterocycles. The topological polar surface area (TPSA) is 145 Å². The van der Waals surface area contributed by atoms with Crippen molar-refractivity contribution in [3.8, 4) is 11.4 Å². The van der Waals surface area contributed by atoms with Gasteiger partial charge in [-0.15, -0.1) is 5.10 Å². The van der Waals surface area contributed by atoms with Crippen molar-refractivity contribution in [3.05, 3.63) is 128 Å². The zero-order valence-corrected chi connectivity index (χ0v) is 28.3. The highest BCUT2D eigenvalue weighted by molar-refractivity contribution is 7.99. The number of fused-ring (bicyclic) bond motifs is 1. The fourth-order valence-electron chi connectivity index (χ4n) is 4.95. The van der Waals surface area contributed by atoms with Gasteiger partial charge in [-0.2, -0.15) is 0 Å². The second-order valence-electron chi connectivity index (χ2n) is 10.0. The Labute approximate surface area is 289 Å². The highest BCUT2D eigenvalue weighted by Gasteiger charge is 2.33. The number of carbonyl (C=O) groups excluding carboxylic acids is 1. The van der Waals surface area contributed by atoms with E-state index >= 15 is 0 Å². The largest absolute Gasteiger partial charge is 0.463 e. The number of ether oxygens (including phenoxy) is 1. The van der Waals surface area contributed by atoms with Gasteiger partial charge in [0, 0.05) is 21.7 Å². The minimum Gasteiger partial charge on any atom is -0.463 e. The van der Waals surface area contributed by atoms with E-state index in [4.69, 9.17) is 39.5 Å². The van der Waals surface area contributed by atoms with Crippen LogP contribution in [0.2, 0.25) is 15.1 Å². The molecule has 0 unspecified atom stereocenters. The number of nitro groups is 1. The molecule has 5 aromatic rings. The second kappa shape index (κ2) is 13.5. The third kappa shape index (κ3) is 6.62. The number of nitro benzene ring substituents is 1. The molecule has 16 heteroatoms. The van der Waals surface area contributed by atoms with E-state index in [0.717, 1.165) is 23.1 Å². The molecule has 0 spiro atoms. The maximum Gasteiger partial charge on any atom is 0.338 e. The van der Waals surface area contributed by atoms with E-state index in [1.54, 1.807) is 74.5 Å². The molecule has 0 fully saturated rings. The predicted octanol–water partition coefficient (Wildman–Crippen LogP) is 6.60. The summed E-state index contributed by atoms with van der Waals surface area (Å²) in [7, 11) is 0. The van der Waals surface area contributed by atoms with Gasteiger partial charge in [-0.1, -0.05) is 64.3 Å². The summed E-state index contributed by atoms with van der Waals surface area (Å²) in [5, 5.41) is 20.7. The normalized spacial score (nSPS) is 14.6. The number of carbonyl (C=O) groups is 1. The summed E-state index contributed by atoms with van der Waals surface area (Å²) in [5.41, 5.74) is 1.67. The lowest BCUT2D eigenvalue weighted by molar-refractivity contribution is -0.387. The molecule has 0 radical (unpaired) electrons. The van der Waals surface area contributed by atoms with Gasteiger partial charge in [0.25, 0.3) is 11.2 Å². The number of H-pyrrole nitrogens is 1. The van der Waals surface area contributed by atoms with Gasteiger partial charge in [0.2, 0.25) is 5.16 Å². The molecule has 1 N–H and O–H groups in total. The highest BCUT2D eigenvalue weighted by atomic mass is 35.5. The average molecular weight is 728 g/mol. The first-order chi connectivity index (χ1) is 22.5. The van der Waals surface area contributed by atoms with E-state index in [9.17, 15) is 19.7 Å². The Hall–Kier alpha value is -4.27. The molecule has 1 aliphatic rings. The number of hydrogen-bond acceptors (Lipinski definition) is 10. The number of aromatic nitrogens is 4. The lowest BCUT2D eigenvalue weighted by Gasteiger charge is -2.24. The third-order valence-electron chi connectivity index (χ3n) is 7.03. The van der Waals surface area contributed by atoms with Gasteiger partial charge in [0.05, 0.1) is 43.3 Å². The summed E-state index contributed by atoms with van der Waals surface area (Å²) in [4.78, 5) is 48.2. The molecular formula is C31H21Cl3N6O5S2. The number of allylic oxidation sites excluding steroid dienone is 1. The lowest BCUT2D eigenvalue weighted by Crippen LogP contribution is -2.39. The van der Waals surface area contributed by atoms with E-state index in [1.807, 2.05) is 0 Å².